The molecule has 5 amide bonds. The molecule has 0 aromatic carbocycles. The van der Waals surface area contributed by atoms with Crippen molar-refractivity contribution in [1.82, 2.24) is 25.8 Å². The van der Waals surface area contributed by atoms with E-state index in [1.807, 2.05) is 20.1 Å². The molecular formula is C33H60N10O7S. The second kappa shape index (κ2) is 22.3. The zero-order valence-corrected chi connectivity index (χ0v) is 31.1. The highest BCUT2D eigenvalue weighted by Crippen LogP contribution is 2.26. The van der Waals surface area contributed by atoms with Crippen molar-refractivity contribution in [2.75, 3.05) is 38.2 Å². The molecule has 0 spiro atoms. The van der Waals surface area contributed by atoms with Crippen LogP contribution in [0.4, 0.5) is 0 Å². The van der Waals surface area contributed by atoms with Crippen molar-refractivity contribution in [1.29, 1.82) is 0 Å². The number of likely N-dealkylation sites (tertiary alicyclic amines) is 2. The van der Waals surface area contributed by atoms with Crippen LogP contribution in [-0.2, 0) is 28.8 Å². The van der Waals surface area contributed by atoms with Gasteiger partial charge in [-0.1, -0.05) is 13.8 Å². The fourth-order valence-corrected chi connectivity index (χ4v) is 6.90. The van der Waals surface area contributed by atoms with Crippen molar-refractivity contribution in [2.24, 2.45) is 33.8 Å². The van der Waals surface area contributed by atoms with E-state index in [1.54, 1.807) is 0 Å². The number of thioether (sulfide) groups is 1. The quantitative estimate of drug-likeness (QED) is 0.0370. The van der Waals surface area contributed by atoms with E-state index < -0.39 is 71.8 Å². The van der Waals surface area contributed by atoms with Crippen LogP contribution in [0.25, 0.3) is 0 Å². The van der Waals surface area contributed by atoms with Gasteiger partial charge in [0.15, 0.2) is 5.96 Å². The summed E-state index contributed by atoms with van der Waals surface area (Å²) in [6.45, 7) is 4.99. The summed E-state index contributed by atoms with van der Waals surface area (Å²) < 4.78 is 0. The Bertz CT molecular complexity index is 1220. The summed E-state index contributed by atoms with van der Waals surface area (Å²) in [5, 5.41) is 18.0. The number of carboxylic acid groups (broad SMARTS) is 1. The van der Waals surface area contributed by atoms with Crippen LogP contribution < -0.4 is 38.9 Å². The third-order valence-electron chi connectivity index (χ3n) is 9.09. The van der Waals surface area contributed by atoms with Crippen LogP contribution in [0.15, 0.2) is 4.99 Å². The largest absolute Gasteiger partial charge is 0.480 e. The first kappa shape index (κ1) is 43.5. The molecule has 0 saturated carbocycles. The molecule has 2 aliphatic rings. The zero-order valence-electron chi connectivity index (χ0n) is 30.3. The molecule has 12 N–H and O–H groups in total. The van der Waals surface area contributed by atoms with Crippen LogP contribution in [0.1, 0.15) is 84.5 Å². The second-order valence-corrected chi connectivity index (χ2v) is 14.6. The lowest BCUT2D eigenvalue weighted by molar-refractivity contribution is -0.152. The van der Waals surface area contributed by atoms with Gasteiger partial charge in [-0.25, -0.2) is 4.79 Å². The van der Waals surface area contributed by atoms with Crippen molar-refractivity contribution in [3.63, 3.8) is 0 Å². The summed E-state index contributed by atoms with van der Waals surface area (Å²) in [5.74, 6) is -3.01. The number of aliphatic carboxylic acids is 1. The van der Waals surface area contributed by atoms with Gasteiger partial charge < -0.3 is 53.8 Å². The highest BCUT2D eigenvalue weighted by molar-refractivity contribution is 7.98. The third-order valence-corrected chi connectivity index (χ3v) is 9.73. The van der Waals surface area contributed by atoms with Gasteiger partial charge in [-0.2, -0.15) is 11.8 Å². The highest BCUT2D eigenvalue weighted by Gasteiger charge is 2.43. The highest BCUT2D eigenvalue weighted by atomic mass is 32.2. The number of guanidine groups is 1. The molecule has 2 aliphatic heterocycles. The zero-order chi connectivity index (χ0) is 38.1. The minimum absolute atomic E-state index is 0.123. The number of unbranched alkanes of at least 4 members (excludes halogenated alkanes) is 1. The Morgan fingerprint density at radius 2 is 1.39 bits per heavy atom. The lowest BCUT2D eigenvalue weighted by Gasteiger charge is -2.33. The number of nitrogens with zero attached hydrogens (tertiary/aromatic N) is 3. The van der Waals surface area contributed by atoms with E-state index in [0.29, 0.717) is 76.6 Å². The Balaban J connectivity index is 2.30. The van der Waals surface area contributed by atoms with Gasteiger partial charge in [-0.3, -0.25) is 29.0 Å². The van der Waals surface area contributed by atoms with Crippen LogP contribution >= 0.6 is 11.8 Å². The first-order valence-electron chi connectivity index (χ1n) is 18.0. The molecule has 18 heteroatoms. The molecule has 0 aliphatic carbocycles. The van der Waals surface area contributed by atoms with Crippen LogP contribution in [0.3, 0.4) is 0 Å². The number of nitrogens with two attached hydrogens (primary N) is 4. The van der Waals surface area contributed by atoms with Crippen LogP contribution in [0.5, 0.6) is 0 Å². The standard InChI is InChI=1S/C33H60N10O7S/c1-20(2)19-21(35)27(44)39-23(13-18-51-3)29(46)40-22(9-4-5-14-34)28(45)41-24(10-6-15-38-33(36)37)30(47)42-16-7-11-25(42)31(48)43-17-8-12-26(43)32(49)50/h20-26H,4-19,34-35H2,1-3H3,(H,39,44)(H,40,46)(H,41,45)(H,49,50)(H4,36,37,38). The number of nitrogens with one attached hydrogen (secondary N) is 3. The number of carboxylic acids is 1. The van der Waals surface area contributed by atoms with Gasteiger partial charge in [0.1, 0.15) is 30.2 Å². The molecule has 0 aromatic heterocycles. The summed E-state index contributed by atoms with van der Waals surface area (Å²) in [6, 6.07) is -5.71. The minimum atomic E-state index is -1.09. The number of amides is 5. The Morgan fingerprint density at radius 3 is 1.98 bits per heavy atom. The Kier molecular flexibility index (Phi) is 19.1. The van der Waals surface area contributed by atoms with Gasteiger partial charge in [-0.15, -0.1) is 0 Å². The molecule has 0 aromatic rings. The SMILES string of the molecule is CSCCC(NC(=O)C(N)CC(C)C)C(=O)NC(CCCCN)C(=O)NC(CCCN=C(N)N)C(=O)N1CCCC1C(=O)N1CCCC1C(=O)O. The van der Waals surface area contributed by atoms with Crippen LogP contribution in [0, 0.1) is 5.92 Å². The molecule has 0 radical (unpaired) electrons. The average molecular weight is 741 g/mol. The van der Waals surface area contributed by atoms with Gasteiger partial charge >= 0.3 is 5.97 Å². The maximum Gasteiger partial charge on any atom is 0.326 e. The Hall–Kier alpha value is -3.64. The van der Waals surface area contributed by atoms with Gasteiger partial charge in [-0.05, 0) is 95.1 Å². The number of hydrogen-bond donors (Lipinski definition) is 8. The van der Waals surface area contributed by atoms with Crippen molar-refractivity contribution in [3.05, 3.63) is 0 Å². The third kappa shape index (κ3) is 14.1. The van der Waals surface area contributed by atoms with E-state index in [0.717, 1.165) is 0 Å². The van der Waals surface area contributed by atoms with Crippen molar-refractivity contribution in [3.8, 4) is 0 Å². The molecule has 6 atom stereocenters. The van der Waals surface area contributed by atoms with E-state index in [9.17, 15) is 33.9 Å². The first-order valence-corrected chi connectivity index (χ1v) is 19.4. The van der Waals surface area contributed by atoms with Crippen molar-refractivity contribution < 1.29 is 33.9 Å². The Morgan fingerprint density at radius 1 is 0.824 bits per heavy atom. The molecule has 2 saturated heterocycles. The Labute approximate surface area is 305 Å². The number of rotatable bonds is 22. The number of carbonyl (C=O) groups is 6. The molecule has 2 fully saturated rings. The summed E-state index contributed by atoms with van der Waals surface area (Å²) >= 11 is 1.50. The summed E-state index contributed by atoms with van der Waals surface area (Å²) in [5.41, 5.74) is 22.7. The van der Waals surface area contributed by atoms with E-state index in [1.165, 1.54) is 21.6 Å². The fraction of sp³-hybridized carbons (Fsp3) is 0.788. The average Bonchev–Trinajstić information content (AvgIpc) is 3.77. The minimum Gasteiger partial charge on any atom is -0.480 e. The molecule has 17 nitrogen and oxygen atoms in total. The van der Waals surface area contributed by atoms with E-state index in [-0.39, 0.29) is 37.8 Å². The maximum atomic E-state index is 14.1. The summed E-state index contributed by atoms with van der Waals surface area (Å²) in [6.07, 6.45) is 6.17. The lowest BCUT2D eigenvalue weighted by atomic mass is 10.0. The van der Waals surface area contributed by atoms with E-state index in [2.05, 4.69) is 20.9 Å². The molecule has 51 heavy (non-hydrogen) atoms. The predicted molar refractivity (Wildman–Crippen MR) is 196 cm³/mol. The second-order valence-electron chi connectivity index (χ2n) is 13.7. The van der Waals surface area contributed by atoms with Gasteiger partial charge in [0.05, 0.1) is 6.04 Å². The van der Waals surface area contributed by atoms with Crippen LogP contribution in [0.2, 0.25) is 0 Å². The van der Waals surface area contributed by atoms with Gasteiger partial charge in [0, 0.05) is 19.6 Å². The molecule has 2 heterocycles. The number of carbonyl (C=O) groups excluding carboxylic acids is 5. The van der Waals surface area contributed by atoms with Gasteiger partial charge in [0.25, 0.3) is 0 Å². The van der Waals surface area contributed by atoms with Crippen molar-refractivity contribution in [2.45, 2.75) is 121 Å². The van der Waals surface area contributed by atoms with Crippen LogP contribution in [-0.4, -0.2) is 131 Å². The number of aliphatic imine (C=N–C) groups is 1. The van der Waals surface area contributed by atoms with Gasteiger partial charge in [0.2, 0.25) is 29.5 Å². The van der Waals surface area contributed by atoms with Crippen molar-refractivity contribution >= 4 is 53.2 Å². The predicted octanol–water partition coefficient (Wildman–Crippen LogP) is -1.18. The molecule has 0 bridgehead atoms. The normalized spacial score (nSPS) is 19.6. The smallest absolute Gasteiger partial charge is 0.326 e. The van der Waals surface area contributed by atoms with E-state index in [4.69, 9.17) is 22.9 Å². The maximum absolute atomic E-state index is 14.1. The molecule has 6 unspecified atom stereocenters. The first-order chi connectivity index (χ1) is 24.2. The topological polar surface area (TPSA) is 282 Å². The molecular weight excluding hydrogens is 680 g/mol. The fourth-order valence-electron chi connectivity index (χ4n) is 6.43. The summed E-state index contributed by atoms with van der Waals surface area (Å²) in [7, 11) is 0. The molecule has 2 rings (SSSR count). The van der Waals surface area contributed by atoms with E-state index >= 15 is 0 Å². The monoisotopic (exact) mass is 740 g/mol. The summed E-state index contributed by atoms with van der Waals surface area (Å²) in [4.78, 5) is 86.7. The number of hydrogen-bond acceptors (Lipinski definition) is 10. The molecule has 290 valence electrons. The lowest BCUT2D eigenvalue weighted by Crippen LogP contribution is -2.59.